The molecule has 0 bridgehead atoms. The van der Waals surface area contributed by atoms with Crippen molar-refractivity contribution in [1.82, 2.24) is 13.9 Å². The van der Waals surface area contributed by atoms with Gasteiger partial charge in [-0.15, -0.1) is 0 Å². The van der Waals surface area contributed by atoms with E-state index in [9.17, 15) is 13.2 Å². The summed E-state index contributed by atoms with van der Waals surface area (Å²) in [6.45, 7) is 0. The molecule has 3 aromatic carbocycles. The van der Waals surface area contributed by atoms with E-state index in [4.69, 9.17) is 0 Å². The zero-order valence-electron chi connectivity index (χ0n) is 15.4. The summed E-state index contributed by atoms with van der Waals surface area (Å²) in [5, 5.41) is 0.635. The summed E-state index contributed by atoms with van der Waals surface area (Å²) >= 11 is 1.31. The van der Waals surface area contributed by atoms with Crippen LogP contribution in [0.15, 0.2) is 88.7 Å². The van der Waals surface area contributed by atoms with Gasteiger partial charge in [0.05, 0.1) is 37.9 Å². The molecule has 0 amide bonds. The lowest BCUT2D eigenvalue weighted by atomic mass is 10.3. The summed E-state index contributed by atoms with van der Waals surface area (Å²) in [6.07, 6.45) is 1.38. The number of benzene rings is 3. The van der Waals surface area contributed by atoms with Crippen LogP contribution in [0.5, 0.6) is 0 Å². The van der Waals surface area contributed by atoms with Crippen LogP contribution in [0.2, 0.25) is 0 Å². The molecule has 0 spiro atoms. The SMILES string of the molecule is O=c1c2ccccc2sn1-c1ccc(S(=O)(=O)Nc2cnc3ccccc3n2)cc1. The number of hydrogen-bond acceptors (Lipinski definition) is 6. The predicted molar refractivity (Wildman–Crippen MR) is 118 cm³/mol. The number of hydrogen-bond donors (Lipinski definition) is 1. The van der Waals surface area contributed by atoms with E-state index >= 15 is 0 Å². The minimum Gasteiger partial charge on any atom is -0.267 e. The second kappa shape index (κ2) is 7.05. The monoisotopic (exact) mass is 434 g/mol. The van der Waals surface area contributed by atoms with Crippen molar-refractivity contribution in [2.75, 3.05) is 4.72 Å². The molecule has 0 saturated carbocycles. The summed E-state index contributed by atoms with van der Waals surface area (Å²) in [7, 11) is -3.85. The average Bonchev–Trinajstić information content (AvgIpc) is 3.10. The number of para-hydroxylation sites is 2. The van der Waals surface area contributed by atoms with Gasteiger partial charge in [-0.3, -0.25) is 14.5 Å². The summed E-state index contributed by atoms with van der Waals surface area (Å²) in [4.78, 5) is 21.2. The molecule has 0 saturated heterocycles. The smallest absolute Gasteiger partial charge is 0.267 e. The van der Waals surface area contributed by atoms with Crippen LogP contribution in [0.1, 0.15) is 0 Å². The van der Waals surface area contributed by atoms with Crippen LogP contribution < -0.4 is 10.3 Å². The van der Waals surface area contributed by atoms with Crippen molar-refractivity contribution in [3.8, 4) is 5.69 Å². The van der Waals surface area contributed by atoms with Crippen LogP contribution in [0.25, 0.3) is 26.8 Å². The van der Waals surface area contributed by atoms with Gasteiger partial charge in [0, 0.05) is 0 Å². The van der Waals surface area contributed by atoms with Crippen molar-refractivity contribution < 1.29 is 8.42 Å². The quantitative estimate of drug-likeness (QED) is 0.464. The minimum absolute atomic E-state index is 0.0652. The van der Waals surface area contributed by atoms with E-state index in [-0.39, 0.29) is 16.3 Å². The first kappa shape index (κ1) is 18.5. The summed E-state index contributed by atoms with van der Waals surface area (Å²) < 4.78 is 30.4. The highest BCUT2D eigenvalue weighted by atomic mass is 32.2. The summed E-state index contributed by atoms with van der Waals surface area (Å²) in [5.74, 6) is 0.138. The molecule has 2 heterocycles. The fourth-order valence-electron chi connectivity index (χ4n) is 3.11. The lowest BCUT2D eigenvalue weighted by Gasteiger charge is -2.08. The molecule has 2 aromatic heterocycles. The number of nitrogens with one attached hydrogen (secondary N) is 1. The van der Waals surface area contributed by atoms with Gasteiger partial charge in [-0.25, -0.2) is 17.4 Å². The van der Waals surface area contributed by atoms with E-state index in [1.165, 1.54) is 29.9 Å². The van der Waals surface area contributed by atoms with Crippen LogP contribution in [0, 0.1) is 0 Å². The highest BCUT2D eigenvalue weighted by Gasteiger charge is 2.16. The largest absolute Gasteiger partial charge is 0.273 e. The molecule has 7 nitrogen and oxygen atoms in total. The Hall–Kier alpha value is -3.56. The summed E-state index contributed by atoms with van der Waals surface area (Å²) in [6, 6.07) is 20.7. The molecular formula is C21H14N4O3S2. The molecule has 148 valence electrons. The van der Waals surface area contributed by atoms with Crippen LogP contribution in [-0.2, 0) is 10.0 Å². The zero-order valence-corrected chi connectivity index (χ0v) is 17.0. The van der Waals surface area contributed by atoms with Gasteiger partial charge >= 0.3 is 0 Å². The third-order valence-corrected chi connectivity index (χ3v) is 7.04. The lowest BCUT2D eigenvalue weighted by molar-refractivity contribution is 0.601. The Morgan fingerprint density at radius 3 is 2.33 bits per heavy atom. The maximum atomic E-state index is 12.7. The molecule has 0 atom stereocenters. The molecule has 5 aromatic rings. The second-order valence-electron chi connectivity index (χ2n) is 6.53. The molecule has 0 aliphatic carbocycles. The highest BCUT2D eigenvalue weighted by molar-refractivity contribution is 7.92. The van der Waals surface area contributed by atoms with Gasteiger partial charge in [-0.05, 0) is 48.5 Å². The van der Waals surface area contributed by atoms with Gasteiger partial charge in [0.25, 0.3) is 15.6 Å². The number of nitrogens with zero attached hydrogens (tertiary/aromatic N) is 3. The van der Waals surface area contributed by atoms with Crippen molar-refractivity contribution in [3.63, 3.8) is 0 Å². The van der Waals surface area contributed by atoms with Gasteiger partial charge < -0.3 is 0 Å². The van der Waals surface area contributed by atoms with Gasteiger partial charge in [-0.1, -0.05) is 35.8 Å². The van der Waals surface area contributed by atoms with E-state index in [0.717, 1.165) is 4.70 Å². The Morgan fingerprint density at radius 2 is 1.57 bits per heavy atom. The van der Waals surface area contributed by atoms with E-state index < -0.39 is 10.0 Å². The Labute approximate surface area is 175 Å². The Balaban J connectivity index is 1.46. The molecule has 0 aliphatic heterocycles. The Bertz CT molecular complexity index is 1560. The number of fused-ring (bicyclic) bond motifs is 2. The van der Waals surface area contributed by atoms with Gasteiger partial charge in [0.1, 0.15) is 0 Å². The molecular weight excluding hydrogens is 420 g/mol. The van der Waals surface area contributed by atoms with E-state index in [1.807, 2.05) is 30.3 Å². The molecule has 0 fully saturated rings. The standard InChI is InChI=1S/C21H14N4O3S2/c26-21-16-5-1-4-8-19(16)29-25(21)14-9-11-15(12-10-14)30(27,28)24-20-13-22-17-6-2-3-7-18(17)23-20/h1-13H,(H,23,24). The maximum Gasteiger partial charge on any atom is 0.273 e. The molecule has 30 heavy (non-hydrogen) atoms. The second-order valence-corrected chi connectivity index (χ2v) is 9.20. The molecule has 5 rings (SSSR count). The van der Waals surface area contributed by atoms with E-state index in [2.05, 4.69) is 14.7 Å². The van der Waals surface area contributed by atoms with E-state index in [0.29, 0.717) is 22.1 Å². The summed E-state index contributed by atoms with van der Waals surface area (Å²) in [5.41, 5.74) is 1.75. The van der Waals surface area contributed by atoms with Crippen molar-refractivity contribution >= 4 is 48.5 Å². The topological polar surface area (TPSA) is 94.0 Å². The Kier molecular flexibility index (Phi) is 4.34. The average molecular weight is 435 g/mol. The van der Waals surface area contributed by atoms with Crippen LogP contribution in [0.3, 0.4) is 0 Å². The number of sulfonamides is 1. The Morgan fingerprint density at radius 1 is 0.867 bits per heavy atom. The highest BCUT2D eigenvalue weighted by Crippen LogP contribution is 2.22. The molecule has 0 unspecified atom stereocenters. The number of anilines is 1. The van der Waals surface area contributed by atoms with Gasteiger partial charge in [0.15, 0.2) is 5.82 Å². The maximum absolute atomic E-state index is 12.7. The zero-order chi connectivity index (χ0) is 20.7. The van der Waals surface area contributed by atoms with E-state index in [1.54, 1.807) is 34.3 Å². The van der Waals surface area contributed by atoms with Crippen molar-refractivity contribution in [2.24, 2.45) is 0 Å². The normalized spacial score (nSPS) is 11.7. The van der Waals surface area contributed by atoms with Gasteiger partial charge in [0.2, 0.25) is 0 Å². The molecule has 9 heteroatoms. The first-order valence-corrected chi connectivity index (χ1v) is 11.2. The fraction of sp³-hybridized carbons (Fsp3) is 0. The molecule has 0 aliphatic rings. The van der Waals surface area contributed by atoms with Crippen LogP contribution >= 0.6 is 11.5 Å². The molecule has 1 N–H and O–H groups in total. The van der Waals surface area contributed by atoms with Crippen molar-refractivity contribution in [2.45, 2.75) is 4.90 Å². The third kappa shape index (κ3) is 3.23. The van der Waals surface area contributed by atoms with Crippen molar-refractivity contribution in [1.29, 1.82) is 0 Å². The third-order valence-electron chi connectivity index (χ3n) is 4.56. The first-order chi connectivity index (χ1) is 14.5. The molecule has 0 radical (unpaired) electrons. The van der Waals surface area contributed by atoms with Crippen LogP contribution in [0.4, 0.5) is 5.82 Å². The number of aromatic nitrogens is 3. The van der Waals surface area contributed by atoms with Crippen LogP contribution in [-0.4, -0.2) is 22.3 Å². The first-order valence-electron chi connectivity index (χ1n) is 8.97. The lowest BCUT2D eigenvalue weighted by Crippen LogP contribution is -2.15. The van der Waals surface area contributed by atoms with Gasteiger partial charge in [-0.2, -0.15) is 0 Å². The predicted octanol–water partition coefficient (Wildman–Crippen LogP) is 3.80. The fourth-order valence-corrected chi connectivity index (χ4v) is 5.09. The van der Waals surface area contributed by atoms with Crippen molar-refractivity contribution in [3.05, 3.63) is 89.3 Å². The number of rotatable bonds is 4. The minimum atomic E-state index is -3.85.